The maximum atomic E-state index is 12.7. The third-order valence-electron chi connectivity index (χ3n) is 4.77. The first kappa shape index (κ1) is 14.8. The van der Waals surface area contributed by atoms with Gasteiger partial charge in [-0.15, -0.1) is 0 Å². The number of benzene rings is 1. The van der Waals surface area contributed by atoms with E-state index in [0.29, 0.717) is 28.8 Å². The van der Waals surface area contributed by atoms with Gasteiger partial charge in [-0.2, -0.15) is 0 Å². The molecule has 2 atom stereocenters. The van der Waals surface area contributed by atoms with E-state index in [1.807, 2.05) is 11.0 Å². The van der Waals surface area contributed by atoms with E-state index < -0.39 is 0 Å². The fraction of sp³-hybridized carbons (Fsp3) is 0.375. The van der Waals surface area contributed by atoms with Crippen LogP contribution in [0.1, 0.15) is 23.8 Å². The fourth-order valence-electron chi connectivity index (χ4n) is 3.72. The number of H-pyrrole nitrogens is 1. The average molecular weight is 352 g/mol. The number of carbonyl (C=O) groups is 2. The van der Waals surface area contributed by atoms with Crippen LogP contribution in [0.3, 0.4) is 0 Å². The van der Waals surface area contributed by atoms with Crippen LogP contribution in [0.15, 0.2) is 18.2 Å². The molecule has 3 aliphatic heterocycles. The van der Waals surface area contributed by atoms with E-state index in [1.54, 1.807) is 24.0 Å². The van der Waals surface area contributed by atoms with Crippen molar-refractivity contribution in [1.29, 1.82) is 0 Å². The molecule has 2 amide bonds. The number of aromatic nitrogens is 1. The van der Waals surface area contributed by atoms with Gasteiger partial charge >= 0.3 is 0 Å². The fourth-order valence-corrected chi connectivity index (χ4v) is 4.10. The molecule has 3 aliphatic rings. The number of fused-ring (bicyclic) bond motifs is 3. The number of aromatic amines is 1. The second kappa shape index (κ2) is 5.14. The molecule has 0 spiro atoms. The molecule has 2 aromatic rings. The summed E-state index contributed by atoms with van der Waals surface area (Å²) in [5.74, 6) is 0.0247. The first-order chi connectivity index (χ1) is 11.0. The Labute approximate surface area is 143 Å². The summed E-state index contributed by atoms with van der Waals surface area (Å²) in [5.41, 5.74) is 1.29. The van der Waals surface area contributed by atoms with Crippen LogP contribution in [0.2, 0.25) is 10.0 Å². The molecule has 2 bridgehead atoms. The van der Waals surface area contributed by atoms with Crippen molar-refractivity contribution in [2.75, 3.05) is 13.1 Å². The van der Waals surface area contributed by atoms with Gasteiger partial charge in [-0.3, -0.25) is 9.59 Å². The second-order valence-electron chi connectivity index (χ2n) is 6.19. The number of halogens is 2. The number of amides is 2. The van der Waals surface area contributed by atoms with Gasteiger partial charge in [-0.1, -0.05) is 23.2 Å². The number of hydrogen-bond acceptors (Lipinski definition) is 2. The summed E-state index contributed by atoms with van der Waals surface area (Å²) in [7, 11) is 0. The van der Waals surface area contributed by atoms with Crippen molar-refractivity contribution in [3.63, 3.8) is 0 Å². The number of hydrogen-bond donors (Lipinski definition) is 1. The normalized spacial score (nSPS) is 23.1. The monoisotopic (exact) mass is 351 g/mol. The van der Waals surface area contributed by atoms with Crippen molar-refractivity contribution >= 4 is 45.9 Å². The quantitative estimate of drug-likeness (QED) is 0.858. The predicted molar refractivity (Wildman–Crippen MR) is 88.9 cm³/mol. The predicted octanol–water partition coefficient (Wildman–Crippen LogP) is 2.92. The standard InChI is InChI=1S/C16H15Cl2N3O2/c1-8(22)21-9-4-10(21)7-20(6-9)16(23)14-5-11-13(19-14)3-2-12(17)15(11)18/h2-3,5,9-10,19H,4,6-7H2,1H3. The highest BCUT2D eigenvalue weighted by molar-refractivity contribution is 6.45. The zero-order valence-electron chi connectivity index (χ0n) is 12.5. The molecule has 5 rings (SSSR count). The molecule has 7 heteroatoms. The molecular weight excluding hydrogens is 337 g/mol. The van der Waals surface area contributed by atoms with E-state index in [1.165, 1.54) is 0 Å². The summed E-state index contributed by atoms with van der Waals surface area (Å²) < 4.78 is 0. The van der Waals surface area contributed by atoms with Crippen LogP contribution in [-0.4, -0.2) is 51.8 Å². The van der Waals surface area contributed by atoms with Crippen LogP contribution in [0.5, 0.6) is 0 Å². The molecule has 3 fully saturated rings. The largest absolute Gasteiger partial charge is 0.350 e. The molecule has 23 heavy (non-hydrogen) atoms. The van der Waals surface area contributed by atoms with Crippen molar-refractivity contribution in [3.05, 3.63) is 33.9 Å². The van der Waals surface area contributed by atoms with Gasteiger partial charge in [0, 0.05) is 30.9 Å². The average Bonchev–Trinajstić information content (AvgIpc) is 2.94. The van der Waals surface area contributed by atoms with Crippen molar-refractivity contribution < 1.29 is 9.59 Å². The van der Waals surface area contributed by atoms with Gasteiger partial charge in [-0.05, 0) is 24.6 Å². The molecule has 1 aromatic heterocycles. The highest BCUT2D eigenvalue weighted by atomic mass is 35.5. The number of piperazine rings is 1. The molecule has 2 unspecified atom stereocenters. The Balaban J connectivity index is 1.59. The van der Waals surface area contributed by atoms with Crippen molar-refractivity contribution in [3.8, 4) is 0 Å². The number of nitrogens with one attached hydrogen (secondary N) is 1. The topological polar surface area (TPSA) is 56.4 Å². The van der Waals surface area contributed by atoms with Crippen LogP contribution in [0, 0.1) is 0 Å². The Morgan fingerprint density at radius 2 is 1.91 bits per heavy atom. The minimum absolute atomic E-state index is 0.0636. The van der Waals surface area contributed by atoms with Gasteiger partial charge < -0.3 is 14.8 Å². The molecule has 3 saturated heterocycles. The second-order valence-corrected chi connectivity index (χ2v) is 6.97. The first-order valence-electron chi connectivity index (χ1n) is 7.50. The van der Waals surface area contributed by atoms with Gasteiger partial charge in [0.15, 0.2) is 0 Å². The summed E-state index contributed by atoms with van der Waals surface area (Å²) in [6, 6.07) is 5.56. The molecular formula is C16H15Cl2N3O2. The molecule has 1 N–H and O–H groups in total. The van der Waals surface area contributed by atoms with E-state index >= 15 is 0 Å². The lowest BCUT2D eigenvalue weighted by molar-refractivity contribution is -0.149. The van der Waals surface area contributed by atoms with Gasteiger partial charge in [0.1, 0.15) is 5.69 Å². The van der Waals surface area contributed by atoms with E-state index in [2.05, 4.69) is 4.98 Å². The highest BCUT2D eigenvalue weighted by Gasteiger charge is 2.47. The van der Waals surface area contributed by atoms with Crippen molar-refractivity contribution in [2.45, 2.75) is 25.4 Å². The number of nitrogens with zero attached hydrogens (tertiary/aromatic N) is 2. The Morgan fingerprint density at radius 3 is 2.57 bits per heavy atom. The lowest BCUT2D eigenvalue weighted by atomic mass is 9.87. The summed E-state index contributed by atoms with van der Waals surface area (Å²) >= 11 is 12.2. The first-order valence-corrected chi connectivity index (χ1v) is 8.26. The molecule has 4 heterocycles. The van der Waals surface area contributed by atoms with E-state index in [4.69, 9.17) is 23.2 Å². The minimum Gasteiger partial charge on any atom is -0.350 e. The van der Waals surface area contributed by atoms with Crippen LogP contribution in [-0.2, 0) is 4.79 Å². The van der Waals surface area contributed by atoms with Gasteiger partial charge in [0.05, 0.1) is 22.1 Å². The molecule has 0 radical (unpaired) electrons. The summed E-state index contributed by atoms with van der Waals surface area (Å²) in [6.07, 6.45) is 0.984. The van der Waals surface area contributed by atoms with Crippen LogP contribution in [0.25, 0.3) is 10.9 Å². The van der Waals surface area contributed by atoms with E-state index in [9.17, 15) is 9.59 Å². The Bertz CT molecular complexity index is 820. The number of piperidine rings is 1. The highest BCUT2D eigenvalue weighted by Crippen LogP contribution is 2.34. The third-order valence-corrected chi connectivity index (χ3v) is 5.58. The van der Waals surface area contributed by atoms with Gasteiger partial charge in [-0.25, -0.2) is 0 Å². The smallest absolute Gasteiger partial charge is 0.270 e. The minimum atomic E-state index is -0.0636. The zero-order chi connectivity index (χ0) is 16.3. The van der Waals surface area contributed by atoms with Crippen LogP contribution in [0.4, 0.5) is 0 Å². The number of rotatable bonds is 1. The van der Waals surface area contributed by atoms with Gasteiger partial charge in [0.25, 0.3) is 5.91 Å². The molecule has 0 saturated carbocycles. The van der Waals surface area contributed by atoms with Crippen molar-refractivity contribution in [2.24, 2.45) is 0 Å². The van der Waals surface area contributed by atoms with Crippen LogP contribution >= 0.6 is 23.2 Å². The Morgan fingerprint density at radius 1 is 1.22 bits per heavy atom. The van der Waals surface area contributed by atoms with Gasteiger partial charge in [0.2, 0.25) is 5.91 Å². The number of carbonyl (C=O) groups excluding carboxylic acids is 2. The molecule has 120 valence electrons. The zero-order valence-corrected chi connectivity index (χ0v) is 14.0. The maximum Gasteiger partial charge on any atom is 0.270 e. The van der Waals surface area contributed by atoms with Crippen molar-refractivity contribution in [1.82, 2.24) is 14.8 Å². The SMILES string of the molecule is CC(=O)N1C2CC1CN(C(=O)c1cc3c(Cl)c(Cl)ccc3[nH]1)C2. The summed E-state index contributed by atoms with van der Waals surface area (Å²) in [4.78, 5) is 31.1. The van der Waals surface area contributed by atoms with Crippen LogP contribution < -0.4 is 0 Å². The summed E-state index contributed by atoms with van der Waals surface area (Å²) in [6.45, 7) is 2.75. The lowest BCUT2D eigenvalue weighted by Crippen LogP contribution is -2.70. The van der Waals surface area contributed by atoms with E-state index in [-0.39, 0.29) is 23.9 Å². The summed E-state index contributed by atoms with van der Waals surface area (Å²) in [5, 5.41) is 1.66. The molecule has 1 aromatic carbocycles. The Kier molecular flexibility index (Phi) is 3.32. The Hall–Kier alpha value is -1.72. The van der Waals surface area contributed by atoms with E-state index in [0.717, 1.165) is 17.3 Å². The lowest BCUT2D eigenvalue weighted by Gasteiger charge is -2.55. The maximum absolute atomic E-state index is 12.7. The third kappa shape index (κ3) is 2.22. The molecule has 0 aliphatic carbocycles. The molecule has 5 nitrogen and oxygen atoms in total.